The monoisotopic (exact) mass is 245 g/mol. The van der Waals surface area contributed by atoms with E-state index in [9.17, 15) is 8.42 Å². The first-order valence-electron chi connectivity index (χ1n) is 4.80. The third kappa shape index (κ3) is 3.39. The molecule has 6 heteroatoms. The third-order valence-electron chi connectivity index (χ3n) is 1.85. The molecule has 1 aromatic carbocycles. The van der Waals surface area contributed by atoms with Crippen LogP contribution in [-0.2, 0) is 10.1 Å². The van der Waals surface area contributed by atoms with Gasteiger partial charge >= 0.3 is 0 Å². The molecule has 0 aliphatic heterocycles. The lowest BCUT2D eigenvalue weighted by Crippen LogP contribution is -2.07. The van der Waals surface area contributed by atoms with Gasteiger partial charge in [-0.25, -0.2) is 0 Å². The molecule has 5 nitrogen and oxygen atoms in total. The summed E-state index contributed by atoms with van der Waals surface area (Å²) in [5.41, 5.74) is 5.44. The fraction of sp³-hybridized carbons (Fsp3) is 0.400. The van der Waals surface area contributed by atoms with Gasteiger partial charge in [0, 0.05) is 6.07 Å². The number of nitrogens with two attached hydrogens (primary N) is 1. The molecule has 0 heterocycles. The first-order valence-corrected chi connectivity index (χ1v) is 6.24. The molecule has 0 bridgehead atoms. The van der Waals surface area contributed by atoms with Gasteiger partial charge in [0.2, 0.25) is 0 Å². The van der Waals surface area contributed by atoms with E-state index in [-0.39, 0.29) is 10.6 Å². The molecule has 1 aromatic rings. The minimum atomic E-state index is -4.30. The largest absolute Gasteiger partial charge is 0.493 e. The van der Waals surface area contributed by atoms with E-state index in [1.165, 1.54) is 12.1 Å². The minimum Gasteiger partial charge on any atom is -0.493 e. The van der Waals surface area contributed by atoms with Gasteiger partial charge in [-0.3, -0.25) is 4.55 Å². The van der Waals surface area contributed by atoms with Gasteiger partial charge in [-0.2, -0.15) is 8.42 Å². The van der Waals surface area contributed by atoms with Crippen molar-refractivity contribution in [3.05, 3.63) is 18.2 Å². The second-order valence-electron chi connectivity index (χ2n) is 3.88. The third-order valence-corrected chi connectivity index (χ3v) is 2.76. The van der Waals surface area contributed by atoms with Crippen LogP contribution in [0.25, 0.3) is 0 Å². The molecule has 0 amide bonds. The van der Waals surface area contributed by atoms with Crippen LogP contribution in [0.3, 0.4) is 0 Å². The van der Waals surface area contributed by atoms with Crippen molar-refractivity contribution >= 4 is 15.8 Å². The van der Waals surface area contributed by atoms with E-state index < -0.39 is 10.1 Å². The van der Waals surface area contributed by atoms with Crippen molar-refractivity contribution in [3.63, 3.8) is 0 Å². The Labute approximate surface area is 95.0 Å². The van der Waals surface area contributed by atoms with Crippen molar-refractivity contribution in [1.82, 2.24) is 0 Å². The Morgan fingerprint density at radius 1 is 1.44 bits per heavy atom. The van der Waals surface area contributed by atoms with Crippen LogP contribution in [0.15, 0.2) is 23.1 Å². The smallest absolute Gasteiger partial charge is 0.296 e. The number of rotatable bonds is 4. The SMILES string of the molecule is CC(C)COc1ccc(N)c(S(=O)(=O)O)c1. The predicted molar refractivity (Wildman–Crippen MR) is 61.0 cm³/mol. The molecule has 0 aromatic heterocycles. The van der Waals surface area contributed by atoms with Gasteiger partial charge in [-0.1, -0.05) is 13.8 Å². The molecule has 0 aliphatic rings. The summed E-state index contributed by atoms with van der Waals surface area (Å²) in [5.74, 6) is 0.697. The predicted octanol–water partition coefficient (Wildman–Crippen LogP) is 1.55. The zero-order valence-electron chi connectivity index (χ0n) is 9.17. The number of ether oxygens (including phenoxy) is 1. The molecule has 0 radical (unpaired) electrons. The standard InChI is InChI=1S/C10H15NO4S/c1-7(2)6-15-8-3-4-9(11)10(5-8)16(12,13)14/h3-5,7H,6,11H2,1-2H3,(H,12,13,14). The molecule has 0 saturated carbocycles. The molecule has 0 aliphatic carbocycles. The Hall–Kier alpha value is -1.27. The summed E-state index contributed by atoms with van der Waals surface area (Å²) < 4.78 is 36.2. The van der Waals surface area contributed by atoms with E-state index in [0.29, 0.717) is 18.3 Å². The molecule has 3 N–H and O–H groups in total. The van der Waals surface area contributed by atoms with Crippen molar-refractivity contribution in [1.29, 1.82) is 0 Å². The van der Waals surface area contributed by atoms with Crippen LogP contribution < -0.4 is 10.5 Å². The highest BCUT2D eigenvalue weighted by Crippen LogP contribution is 2.24. The van der Waals surface area contributed by atoms with Crippen molar-refractivity contribution in [2.24, 2.45) is 5.92 Å². The van der Waals surface area contributed by atoms with Crippen molar-refractivity contribution in [2.45, 2.75) is 18.7 Å². The van der Waals surface area contributed by atoms with E-state index >= 15 is 0 Å². The highest BCUT2D eigenvalue weighted by atomic mass is 32.2. The molecule has 0 saturated heterocycles. The first kappa shape index (κ1) is 12.8. The van der Waals surface area contributed by atoms with Gasteiger partial charge in [0.15, 0.2) is 0 Å². The summed E-state index contributed by atoms with van der Waals surface area (Å²) >= 11 is 0. The molecular weight excluding hydrogens is 230 g/mol. The number of hydrogen-bond acceptors (Lipinski definition) is 4. The number of hydrogen-bond donors (Lipinski definition) is 2. The summed E-state index contributed by atoms with van der Waals surface area (Å²) in [7, 11) is -4.30. The Morgan fingerprint density at radius 3 is 2.56 bits per heavy atom. The summed E-state index contributed by atoms with van der Waals surface area (Å²) in [6.07, 6.45) is 0. The van der Waals surface area contributed by atoms with Gasteiger partial charge < -0.3 is 10.5 Å². The van der Waals surface area contributed by atoms with E-state index in [2.05, 4.69) is 0 Å². The average molecular weight is 245 g/mol. The lowest BCUT2D eigenvalue weighted by molar-refractivity contribution is 0.270. The van der Waals surface area contributed by atoms with Crippen LogP contribution in [0.1, 0.15) is 13.8 Å². The maximum Gasteiger partial charge on any atom is 0.296 e. The zero-order valence-corrected chi connectivity index (χ0v) is 9.99. The lowest BCUT2D eigenvalue weighted by atomic mass is 10.2. The Bertz CT molecular complexity index is 468. The normalized spacial score (nSPS) is 11.8. The quantitative estimate of drug-likeness (QED) is 0.620. The second kappa shape index (κ2) is 4.71. The second-order valence-corrected chi connectivity index (χ2v) is 5.27. The van der Waals surface area contributed by atoms with Crippen LogP contribution in [0.4, 0.5) is 5.69 Å². The van der Waals surface area contributed by atoms with E-state index in [1.54, 1.807) is 6.07 Å². The Balaban J connectivity index is 2.99. The lowest BCUT2D eigenvalue weighted by Gasteiger charge is -2.10. The molecule has 16 heavy (non-hydrogen) atoms. The fourth-order valence-electron chi connectivity index (χ4n) is 1.09. The van der Waals surface area contributed by atoms with Crippen molar-refractivity contribution in [2.75, 3.05) is 12.3 Å². The highest BCUT2D eigenvalue weighted by Gasteiger charge is 2.14. The Kier molecular flexibility index (Phi) is 3.77. The van der Waals surface area contributed by atoms with E-state index in [1.807, 2.05) is 13.8 Å². The van der Waals surface area contributed by atoms with Gasteiger partial charge in [-0.05, 0) is 18.1 Å². The average Bonchev–Trinajstić information content (AvgIpc) is 2.14. The van der Waals surface area contributed by atoms with Crippen LogP contribution in [0.2, 0.25) is 0 Å². The topological polar surface area (TPSA) is 89.6 Å². The number of anilines is 1. The number of nitrogen functional groups attached to an aromatic ring is 1. The summed E-state index contributed by atoms with van der Waals surface area (Å²) in [5, 5.41) is 0. The van der Waals surface area contributed by atoms with Gasteiger partial charge in [-0.15, -0.1) is 0 Å². The van der Waals surface area contributed by atoms with Gasteiger partial charge in [0.1, 0.15) is 10.6 Å². The first-order chi connectivity index (χ1) is 7.30. The molecule has 0 atom stereocenters. The summed E-state index contributed by atoms with van der Waals surface area (Å²) in [6.45, 7) is 4.41. The molecule has 0 fully saturated rings. The van der Waals surface area contributed by atoms with Crippen LogP contribution in [0.5, 0.6) is 5.75 Å². The van der Waals surface area contributed by atoms with E-state index in [0.717, 1.165) is 0 Å². The summed E-state index contributed by atoms with van der Waals surface area (Å²) in [6, 6.07) is 4.16. The molecule has 0 spiro atoms. The maximum absolute atomic E-state index is 11.0. The van der Waals surface area contributed by atoms with Crippen LogP contribution >= 0.6 is 0 Å². The molecule has 0 unspecified atom stereocenters. The van der Waals surface area contributed by atoms with Gasteiger partial charge in [0.05, 0.1) is 12.3 Å². The zero-order chi connectivity index (χ0) is 12.3. The van der Waals surface area contributed by atoms with E-state index in [4.69, 9.17) is 15.0 Å². The molecular formula is C10H15NO4S. The maximum atomic E-state index is 11.0. The van der Waals surface area contributed by atoms with Crippen molar-refractivity contribution in [3.8, 4) is 5.75 Å². The van der Waals surface area contributed by atoms with Crippen LogP contribution in [-0.4, -0.2) is 19.6 Å². The Morgan fingerprint density at radius 2 is 2.06 bits per heavy atom. The van der Waals surface area contributed by atoms with Crippen LogP contribution in [0, 0.1) is 5.92 Å². The number of benzene rings is 1. The fourth-order valence-corrected chi connectivity index (χ4v) is 1.72. The molecule has 90 valence electrons. The van der Waals surface area contributed by atoms with Gasteiger partial charge in [0.25, 0.3) is 10.1 Å². The minimum absolute atomic E-state index is 0.000558. The highest BCUT2D eigenvalue weighted by molar-refractivity contribution is 7.86. The van der Waals surface area contributed by atoms with Crippen molar-refractivity contribution < 1.29 is 17.7 Å². The summed E-state index contributed by atoms with van der Waals surface area (Å²) in [4.78, 5) is -0.325. The molecule has 1 rings (SSSR count).